The highest BCUT2D eigenvalue weighted by molar-refractivity contribution is 7.97. The smallest absolute Gasteiger partial charge is 0.289 e. The molecule has 1 spiro atoms. The van der Waals surface area contributed by atoms with Crippen molar-refractivity contribution in [1.29, 1.82) is 0 Å². The highest BCUT2D eigenvalue weighted by atomic mass is 32.2. The van der Waals surface area contributed by atoms with Gasteiger partial charge in [-0.1, -0.05) is 0 Å². The van der Waals surface area contributed by atoms with Gasteiger partial charge in [-0.3, -0.25) is 9.59 Å². The molecule has 6 nitrogen and oxygen atoms in total. The van der Waals surface area contributed by atoms with E-state index in [9.17, 15) is 9.59 Å². The third-order valence-corrected chi connectivity index (χ3v) is 6.37. The topological polar surface area (TPSA) is 63.0 Å². The molecule has 2 amide bonds. The minimum Gasteiger partial charge on any atom is -0.455 e. The molecule has 0 N–H and O–H groups in total. The second-order valence-corrected chi connectivity index (χ2v) is 8.52. The summed E-state index contributed by atoms with van der Waals surface area (Å²) in [6.07, 6.45) is 6.35. The Kier molecular flexibility index (Phi) is 6.87. The molecule has 1 aromatic heterocycles. The Bertz CT molecular complexity index is 652. The Labute approximate surface area is 165 Å². The van der Waals surface area contributed by atoms with Gasteiger partial charge in [0.1, 0.15) is 5.76 Å². The molecule has 2 saturated heterocycles. The number of piperidine rings is 2. The second-order valence-electron chi connectivity index (χ2n) is 7.65. The summed E-state index contributed by atoms with van der Waals surface area (Å²) in [5, 5.41) is 0. The van der Waals surface area contributed by atoms with Crippen molar-refractivity contribution in [3.63, 3.8) is 0 Å². The average molecular weight is 395 g/mol. The molecule has 0 unspecified atom stereocenters. The van der Waals surface area contributed by atoms with Gasteiger partial charge in [-0.25, -0.2) is 0 Å². The van der Waals surface area contributed by atoms with E-state index in [-0.39, 0.29) is 17.2 Å². The maximum absolute atomic E-state index is 12.7. The molecule has 0 radical (unpaired) electrons. The number of rotatable bonds is 7. The molecule has 2 aliphatic heterocycles. The van der Waals surface area contributed by atoms with Crippen LogP contribution in [0.15, 0.2) is 16.5 Å². The normalized spacial score (nSPS) is 19.7. The van der Waals surface area contributed by atoms with Gasteiger partial charge in [0.2, 0.25) is 5.91 Å². The maximum Gasteiger partial charge on any atom is 0.289 e. The Balaban J connectivity index is 1.55. The fourth-order valence-corrected chi connectivity index (χ4v) is 4.61. The predicted octanol–water partition coefficient (Wildman–Crippen LogP) is 3.02. The molecule has 0 aromatic carbocycles. The summed E-state index contributed by atoms with van der Waals surface area (Å²) >= 11 is 1.68. The number of thioether (sulfide) groups is 1. The Morgan fingerprint density at radius 3 is 2.78 bits per heavy atom. The molecule has 7 heteroatoms. The number of hydrogen-bond donors (Lipinski definition) is 0. The van der Waals surface area contributed by atoms with Crippen LogP contribution in [-0.2, 0) is 15.3 Å². The SMILES string of the molecule is COCCCN1CC2(CCC1=O)CCN(C(=O)c1ccc(CSC)o1)CC2. The molecule has 3 heterocycles. The maximum atomic E-state index is 12.7. The van der Waals surface area contributed by atoms with Gasteiger partial charge >= 0.3 is 0 Å². The second kappa shape index (κ2) is 9.15. The van der Waals surface area contributed by atoms with E-state index in [1.54, 1.807) is 24.9 Å². The van der Waals surface area contributed by atoms with Gasteiger partial charge in [0.15, 0.2) is 5.76 Å². The highest BCUT2D eigenvalue weighted by Gasteiger charge is 2.41. The number of likely N-dealkylation sites (tertiary alicyclic amines) is 2. The molecule has 0 bridgehead atoms. The Morgan fingerprint density at radius 2 is 2.07 bits per heavy atom. The van der Waals surface area contributed by atoms with Crippen LogP contribution in [0.3, 0.4) is 0 Å². The lowest BCUT2D eigenvalue weighted by atomic mass is 9.72. The van der Waals surface area contributed by atoms with E-state index >= 15 is 0 Å². The molecule has 0 aliphatic carbocycles. The molecule has 1 aromatic rings. The molecule has 2 fully saturated rings. The van der Waals surface area contributed by atoms with Crippen LogP contribution in [0.4, 0.5) is 0 Å². The fourth-order valence-electron chi connectivity index (χ4n) is 4.17. The van der Waals surface area contributed by atoms with Crippen molar-refractivity contribution in [3.8, 4) is 0 Å². The molecule has 150 valence electrons. The van der Waals surface area contributed by atoms with Gasteiger partial charge in [-0.15, -0.1) is 0 Å². The van der Waals surface area contributed by atoms with Crippen LogP contribution in [-0.4, -0.2) is 67.8 Å². The molecule has 0 atom stereocenters. The molecule has 3 rings (SSSR count). The third kappa shape index (κ3) is 4.88. The van der Waals surface area contributed by atoms with E-state index in [1.165, 1.54) is 0 Å². The van der Waals surface area contributed by atoms with Gasteiger partial charge in [-0.05, 0) is 49.5 Å². The summed E-state index contributed by atoms with van der Waals surface area (Å²) in [6.45, 7) is 3.73. The lowest BCUT2D eigenvalue weighted by Crippen LogP contribution is -2.52. The number of nitrogens with zero attached hydrogens (tertiary/aromatic N) is 2. The van der Waals surface area contributed by atoms with Gasteiger partial charge in [0.25, 0.3) is 5.91 Å². The van der Waals surface area contributed by atoms with Crippen LogP contribution >= 0.6 is 11.8 Å². The Hall–Kier alpha value is -1.47. The zero-order chi connectivity index (χ0) is 19.3. The standard InChI is InChI=1S/C20H30N2O4S/c1-25-13-3-10-22-15-20(7-6-18(22)23)8-11-21(12-9-20)19(24)17-5-4-16(26-17)14-27-2/h4-5H,3,6-15H2,1-2H3. The first-order valence-corrected chi connectivity index (χ1v) is 11.1. The lowest BCUT2D eigenvalue weighted by molar-refractivity contribution is -0.139. The minimum atomic E-state index is -0.0129. The first kappa shape index (κ1) is 20.3. The number of amides is 2. The van der Waals surface area contributed by atoms with E-state index in [1.807, 2.05) is 22.1 Å². The molecular weight excluding hydrogens is 364 g/mol. The average Bonchev–Trinajstić information content (AvgIpc) is 3.14. The van der Waals surface area contributed by atoms with Gasteiger partial charge in [0, 0.05) is 46.3 Å². The van der Waals surface area contributed by atoms with E-state index in [0.29, 0.717) is 18.8 Å². The van der Waals surface area contributed by atoms with Crippen molar-refractivity contribution in [3.05, 3.63) is 23.7 Å². The summed E-state index contributed by atoms with van der Waals surface area (Å²) in [5.41, 5.74) is 0.158. The quantitative estimate of drug-likeness (QED) is 0.665. The van der Waals surface area contributed by atoms with Gasteiger partial charge in [0.05, 0.1) is 5.75 Å². The van der Waals surface area contributed by atoms with Gasteiger partial charge < -0.3 is 19.0 Å². The van der Waals surface area contributed by atoms with Crippen LogP contribution < -0.4 is 0 Å². The number of furan rings is 1. The van der Waals surface area contributed by atoms with Crippen molar-refractivity contribution >= 4 is 23.6 Å². The van der Waals surface area contributed by atoms with Crippen molar-refractivity contribution in [2.45, 2.75) is 37.9 Å². The predicted molar refractivity (Wildman–Crippen MR) is 106 cm³/mol. The van der Waals surface area contributed by atoms with E-state index in [4.69, 9.17) is 9.15 Å². The Morgan fingerprint density at radius 1 is 1.30 bits per heavy atom. The summed E-state index contributed by atoms with van der Waals surface area (Å²) in [5.74, 6) is 2.31. The minimum absolute atomic E-state index is 0.0129. The van der Waals surface area contributed by atoms with Crippen LogP contribution in [0.1, 0.15) is 48.4 Å². The van der Waals surface area contributed by atoms with Crippen LogP contribution in [0.2, 0.25) is 0 Å². The first-order chi connectivity index (χ1) is 13.1. The van der Waals surface area contributed by atoms with Crippen molar-refractivity contribution < 1.29 is 18.7 Å². The molecular formula is C20H30N2O4S. The monoisotopic (exact) mass is 394 g/mol. The zero-order valence-corrected chi connectivity index (χ0v) is 17.2. The first-order valence-electron chi connectivity index (χ1n) is 9.70. The van der Waals surface area contributed by atoms with Crippen molar-refractivity contribution in [2.24, 2.45) is 5.41 Å². The number of methoxy groups -OCH3 is 1. The van der Waals surface area contributed by atoms with Crippen LogP contribution in [0.25, 0.3) is 0 Å². The third-order valence-electron chi connectivity index (χ3n) is 5.80. The number of ether oxygens (including phenoxy) is 1. The largest absolute Gasteiger partial charge is 0.455 e. The van der Waals surface area contributed by atoms with E-state index in [2.05, 4.69) is 0 Å². The summed E-state index contributed by atoms with van der Waals surface area (Å²) in [6, 6.07) is 3.68. The number of carbonyl (C=O) groups is 2. The van der Waals surface area contributed by atoms with Crippen molar-refractivity contribution in [2.75, 3.05) is 46.2 Å². The highest BCUT2D eigenvalue weighted by Crippen LogP contribution is 2.40. The molecule has 2 aliphatic rings. The van der Waals surface area contributed by atoms with Crippen LogP contribution in [0, 0.1) is 5.41 Å². The van der Waals surface area contributed by atoms with Crippen LogP contribution in [0.5, 0.6) is 0 Å². The summed E-state index contributed by atoms with van der Waals surface area (Å²) in [4.78, 5) is 28.9. The van der Waals surface area contributed by atoms with E-state index in [0.717, 1.165) is 63.4 Å². The number of hydrogen-bond acceptors (Lipinski definition) is 5. The fraction of sp³-hybridized carbons (Fsp3) is 0.700. The van der Waals surface area contributed by atoms with Crippen molar-refractivity contribution in [1.82, 2.24) is 9.80 Å². The molecule has 27 heavy (non-hydrogen) atoms. The lowest BCUT2D eigenvalue weighted by Gasteiger charge is -2.47. The summed E-state index contributed by atoms with van der Waals surface area (Å²) < 4.78 is 10.8. The molecule has 0 saturated carbocycles. The summed E-state index contributed by atoms with van der Waals surface area (Å²) in [7, 11) is 1.69. The van der Waals surface area contributed by atoms with Gasteiger partial charge in [-0.2, -0.15) is 11.8 Å². The number of carbonyl (C=O) groups excluding carboxylic acids is 2. The zero-order valence-electron chi connectivity index (χ0n) is 16.4. The van der Waals surface area contributed by atoms with E-state index < -0.39 is 0 Å².